The summed E-state index contributed by atoms with van der Waals surface area (Å²) in [6, 6.07) is 2.67. The van der Waals surface area contributed by atoms with Gasteiger partial charge < -0.3 is 14.4 Å². The molecule has 0 fully saturated rings. The molecule has 1 heterocycles. The van der Waals surface area contributed by atoms with Gasteiger partial charge in [0.2, 0.25) is 0 Å². The van der Waals surface area contributed by atoms with Gasteiger partial charge in [-0.1, -0.05) is 11.6 Å². The first-order chi connectivity index (χ1) is 8.78. The molecule has 2 rings (SSSR count). The number of esters is 1. The van der Waals surface area contributed by atoms with Crippen molar-refractivity contribution in [2.75, 3.05) is 6.61 Å². The summed E-state index contributed by atoms with van der Waals surface area (Å²) in [6.45, 7) is -1.11. The first-order valence-corrected chi connectivity index (χ1v) is 5.89. The lowest BCUT2D eigenvalue weighted by molar-refractivity contribution is -0.00446. The predicted octanol–water partition coefficient (Wildman–Crippen LogP) is 1.55. The van der Waals surface area contributed by atoms with E-state index in [1.165, 1.54) is 12.1 Å². The van der Waals surface area contributed by atoms with Crippen molar-refractivity contribution in [3.05, 3.63) is 28.3 Å². The summed E-state index contributed by atoms with van der Waals surface area (Å²) in [7, 11) is -1.17. The molecule has 1 aliphatic rings. The van der Waals surface area contributed by atoms with Crippen molar-refractivity contribution in [1.82, 2.24) is 0 Å². The van der Waals surface area contributed by atoms with Crippen molar-refractivity contribution in [2.45, 2.75) is 12.0 Å². The third-order valence-corrected chi connectivity index (χ3v) is 2.90. The maximum atomic E-state index is 12.4. The number of benzene rings is 1. The largest absolute Gasteiger partial charge is 0.491 e. The van der Waals surface area contributed by atoms with Crippen molar-refractivity contribution >= 4 is 41.8 Å². The Kier molecular flexibility index (Phi) is 4.01. The Bertz CT molecular complexity index is 521. The second-order valence-electron chi connectivity index (χ2n) is 3.89. The molecule has 0 aromatic heterocycles. The quantitative estimate of drug-likeness (QED) is 0.523. The number of hydrogen-bond donors (Lipinski definition) is 1. The Hall–Kier alpha value is -0.885. The fourth-order valence-electron chi connectivity index (χ4n) is 1.63. The molecule has 0 bridgehead atoms. The van der Waals surface area contributed by atoms with Crippen LogP contribution < -0.4 is 5.46 Å². The third kappa shape index (κ3) is 3.36. The van der Waals surface area contributed by atoms with Crippen LogP contribution in [0, 0.1) is 0 Å². The molecule has 0 atom stereocenters. The lowest BCUT2D eigenvalue weighted by atomic mass is 9.79. The first kappa shape index (κ1) is 14.5. The highest BCUT2D eigenvalue weighted by molar-refractivity contribution is 6.61. The molecule has 9 heteroatoms. The van der Waals surface area contributed by atoms with Crippen LogP contribution in [0.4, 0.5) is 8.78 Å². The van der Waals surface area contributed by atoms with Gasteiger partial charge in [0.05, 0.1) is 17.2 Å². The fourth-order valence-corrected chi connectivity index (χ4v) is 1.94. The van der Waals surface area contributed by atoms with Crippen LogP contribution >= 0.6 is 23.2 Å². The maximum absolute atomic E-state index is 12.4. The molecule has 0 amide bonds. The number of hydrogen-bond acceptors (Lipinski definition) is 4. The van der Waals surface area contributed by atoms with E-state index in [2.05, 4.69) is 16.3 Å². The molecule has 1 aliphatic heterocycles. The average molecular weight is 311 g/mol. The molecule has 4 nitrogen and oxygen atoms in total. The van der Waals surface area contributed by atoms with Gasteiger partial charge in [0.25, 0.3) is 0 Å². The minimum absolute atomic E-state index is 0.0272. The minimum Gasteiger partial charge on any atom is -0.454 e. The van der Waals surface area contributed by atoms with E-state index < -0.39 is 25.1 Å². The van der Waals surface area contributed by atoms with Crippen LogP contribution in [0.2, 0.25) is 5.02 Å². The van der Waals surface area contributed by atoms with Crippen LogP contribution in [0.25, 0.3) is 0 Å². The number of halogens is 4. The van der Waals surface area contributed by atoms with Gasteiger partial charge in [-0.3, -0.25) is 0 Å². The molecular weight excluding hydrogens is 304 g/mol. The monoisotopic (exact) mass is 310 g/mol. The van der Waals surface area contributed by atoms with Crippen molar-refractivity contribution in [3.63, 3.8) is 0 Å². The Morgan fingerprint density at radius 3 is 2.89 bits per heavy atom. The molecule has 1 N–H and O–H groups in total. The zero-order chi connectivity index (χ0) is 14.2. The molecule has 0 unspecified atom stereocenters. The van der Waals surface area contributed by atoms with Gasteiger partial charge >= 0.3 is 18.5 Å². The molecule has 102 valence electrons. The molecular formula is C10H7BCl2F2O4. The Labute approximate surface area is 117 Å². The van der Waals surface area contributed by atoms with Gasteiger partial charge in [-0.15, -0.1) is 0 Å². The van der Waals surface area contributed by atoms with E-state index >= 15 is 0 Å². The molecule has 0 saturated heterocycles. The number of rotatable bonds is 3. The fraction of sp³-hybridized carbons (Fsp3) is 0.300. The van der Waals surface area contributed by atoms with E-state index in [1.807, 2.05) is 0 Å². The van der Waals surface area contributed by atoms with Crippen LogP contribution in [0.15, 0.2) is 12.1 Å². The summed E-state index contributed by atoms with van der Waals surface area (Å²) >= 11 is 10.5. The zero-order valence-corrected chi connectivity index (χ0v) is 10.8. The predicted molar refractivity (Wildman–Crippen MR) is 64.9 cm³/mol. The Balaban J connectivity index is 2.21. The van der Waals surface area contributed by atoms with Gasteiger partial charge in [-0.25, -0.2) is 4.79 Å². The van der Waals surface area contributed by atoms with Gasteiger partial charge in [-0.05, 0) is 34.8 Å². The highest BCUT2D eigenvalue weighted by atomic mass is 35.5. The van der Waals surface area contributed by atoms with E-state index in [9.17, 15) is 18.6 Å². The van der Waals surface area contributed by atoms with Gasteiger partial charge in [-0.2, -0.15) is 8.78 Å². The highest BCUT2D eigenvalue weighted by Gasteiger charge is 2.31. The smallest absolute Gasteiger partial charge is 0.454 e. The molecule has 0 aliphatic carbocycles. The minimum atomic E-state index is -3.64. The second-order valence-corrected chi connectivity index (χ2v) is 4.85. The molecule has 19 heavy (non-hydrogen) atoms. The lowest BCUT2D eigenvalue weighted by Crippen LogP contribution is -2.29. The van der Waals surface area contributed by atoms with Crippen LogP contribution in [-0.4, -0.2) is 30.1 Å². The standard InChI is InChI=1S/C10H7BCl2F2O4/c12-8-1-5-3-19-11(17)7(5)2-6(8)9(16)18-4-10(13,14)15/h1-2,17H,3-4H2. The SMILES string of the molecule is O=C(OCC(F)(F)Cl)c1cc2c(cc1Cl)COB2O. The van der Waals surface area contributed by atoms with Crippen LogP contribution in [0.5, 0.6) is 0 Å². The van der Waals surface area contributed by atoms with E-state index in [4.69, 9.17) is 16.3 Å². The van der Waals surface area contributed by atoms with E-state index in [1.54, 1.807) is 0 Å². The van der Waals surface area contributed by atoms with Crippen molar-refractivity contribution in [1.29, 1.82) is 0 Å². The second kappa shape index (κ2) is 5.24. The number of fused-ring (bicyclic) bond motifs is 1. The summed E-state index contributed by atoms with van der Waals surface area (Å²) in [5.41, 5.74) is 0.844. The summed E-state index contributed by atoms with van der Waals surface area (Å²) in [6.07, 6.45) is 0. The summed E-state index contributed by atoms with van der Waals surface area (Å²) in [4.78, 5) is 11.6. The van der Waals surface area contributed by atoms with Gasteiger partial charge in [0.15, 0.2) is 6.61 Å². The number of ether oxygens (including phenoxy) is 1. The molecule has 0 spiro atoms. The Morgan fingerprint density at radius 1 is 1.58 bits per heavy atom. The molecule has 0 saturated carbocycles. The van der Waals surface area contributed by atoms with E-state index in [0.29, 0.717) is 11.0 Å². The van der Waals surface area contributed by atoms with Crippen molar-refractivity contribution < 1.29 is 28.0 Å². The van der Waals surface area contributed by atoms with Crippen LogP contribution in [0.1, 0.15) is 15.9 Å². The third-order valence-electron chi connectivity index (χ3n) is 2.48. The normalized spacial score (nSPS) is 14.5. The molecule has 0 radical (unpaired) electrons. The van der Waals surface area contributed by atoms with E-state index in [0.717, 1.165) is 0 Å². The molecule has 1 aromatic carbocycles. The number of alkyl halides is 3. The molecule has 1 aromatic rings. The van der Waals surface area contributed by atoms with Crippen LogP contribution in [0.3, 0.4) is 0 Å². The topological polar surface area (TPSA) is 55.8 Å². The van der Waals surface area contributed by atoms with Crippen LogP contribution in [-0.2, 0) is 16.0 Å². The number of carbonyl (C=O) groups is 1. The lowest BCUT2D eigenvalue weighted by Gasteiger charge is -2.10. The average Bonchev–Trinajstić information content (AvgIpc) is 2.65. The highest BCUT2D eigenvalue weighted by Crippen LogP contribution is 2.23. The Morgan fingerprint density at radius 2 is 2.26 bits per heavy atom. The maximum Gasteiger partial charge on any atom is 0.491 e. The van der Waals surface area contributed by atoms with Crippen molar-refractivity contribution in [2.24, 2.45) is 0 Å². The first-order valence-electron chi connectivity index (χ1n) is 5.14. The van der Waals surface area contributed by atoms with Gasteiger partial charge in [0, 0.05) is 0 Å². The van der Waals surface area contributed by atoms with Crippen molar-refractivity contribution in [3.8, 4) is 0 Å². The number of carbonyl (C=O) groups excluding carboxylic acids is 1. The van der Waals surface area contributed by atoms with E-state index in [-0.39, 0.29) is 17.2 Å². The summed E-state index contributed by atoms with van der Waals surface area (Å²) in [5, 5.41) is 5.87. The summed E-state index contributed by atoms with van der Waals surface area (Å²) < 4.78 is 34.0. The zero-order valence-electron chi connectivity index (χ0n) is 9.33. The van der Waals surface area contributed by atoms with Gasteiger partial charge in [0.1, 0.15) is 0 Å². The summed E-state index contributed by atoms with van der Waals surface area (Å²) in [5.74, 6) is -1.05.